The molecule has 0 bridgehead atoms. The van der Waals surface area contributed by atoms with Gasteiger partial charge in [0.1, 0.15) is 0 Å². The Kier molecular flexibility index (Phi) is 37.0. The highest BCUT2D eigenvalue weighted by atomic mass is 16.5. The zero-order valence-electron chi connectivity index (χ0n) is 34.6. The predicted molar refractivity (Wildman–Crippen MR) is 217 cm³/mol. The normalized spacial score (nSPS) is 13.4. The van der Waals surface area contributed by atoms with Crippen molar-refractivity contribution in [2.75, 3.05) is 78.9 Å². The number of carbonyl (C=O) groups excluding carboxylic acids is 2. The Bertz CT molecular complexity index is 711. The molecule has 52 heavy (non-hydrogen) atoms. The summed E-state index contributed by atoms with van der Waals surface area (Å²) in [7, 11) is 0. The number of esters is 2. The van der Waals surface area contributed by atoms with E-state index in [4.69, 9.17) is 18.9 Å². The maximum absolute atomic E-state index is 12.5. The van der Waals surface area contributed by atoms with Gasteiger partial charge in [-0.05, 0) is 77.3 Å². The Morgan fingerprint density at radius 1 is 0.442 bits per heavy atom. The van der Waals surface area contributed by atoms with Gasteiger partial charge in [0.2, 0.25) is 0 Å². The van der Waals surface area contributed by atoms with Crippen molar-refractivity contribution in [3.8, 4) is 0 Å². The summed E-state index contributed by atoms with van der Waals surface area (Å²) in [4.78, 5) is 29.7. The van der Waals surface area contributed by atoms with Crippen LogP contribution in [0.5, 0.6) is 0 Å². The lowest BCUT2D eigenvalue weighted by atomic mass is 10.1. The SMILES string of the molecule is CCCCCCCCCCOCCCCCCOC(=O)CCN(CCC(=O)OCCCCCCOCCCCCCCCCC)CCN1CCCC1. The maximum atomic E-state index is 12.5. The zero-order chi connectivity index (χ0) is 37.4. The summed E-state index contributed by atoms with van der Waals surface area (Å²) < 4.78 is 22.7. The van der Waals surface area contributed by atoms with Crippen LogP contribution in [0.4, 0.5) is 0 Å². The predicted octanol–water partition coefficient (Wildman–Crippen LogP) is 10.7. The smallest absolute Gasteiger partial charge is 0.307 e. The standard InChI is InChI=1S/C44H86N2O6/c1-3-5-7-9-11-13-15-23-37-49-39-25-17-19-27-41-51-43(47)29-33-46(36-35-45-31-21-22-32-45)34-30-44(48)52-42-28-20-18-26-40-50-38-24-16-14-12-10-8-6-4-2/h3-42H2,1-2H3. The van der Waals surface area contributed by atoms with Gasteiger partial charge in [-0.15, -0.1) is 0 Å². The van der Waals surface area contributed by atoms with Crippen molar-refractivity contribution in [2.45, 2.75) is 194 Å². The summed E-state index contributed by atoms with van der Waals surface area (Å²) in [5.74, 6) is -0.276. The number of unbranched alkanes of at least 4 members (excludes halogenated alkanes) is 20. The van der Waals surface area contributed by atoms with Gasteiger partial charge in [-0.1, -0.05) is 117 Å². The van der Waals surface area contributed by atoms with Gasteiger partial charge < -0.3 is 28.7 Å². The minimum Gasteiger partial charge on any atom is -0.466 e. The minimum absolute atomic E-state index is 0.138. The highest BCUT2D eigenvalue weighted by Crippen LogP contribution is 2.11. The van der Waals surface area contributed by atoms with Crippen molar-refractivity contribution in [1.29, 1.82) is 0 Å². The molecule has 0 aromatic carbocycles. The second kappa shape index (κ2) is 39.5. The molecule has 0 unspecified atom stereocenters. The average molecular weight is 739 g/mol. The molecule has 1 heterocycles. The highest BCUT2D eigenvalue weighted by Gasteiger charge is 2.16. The second-order valence-corrected chi connectivity index (χ2v) is 15.3. The van der Waals surface area contributed by atoms with E-state index < -0.39 is 0 Å². The number of rotatable bonds is 41. The van der Waals surface area contributed by atoms with E-state index in [0.717, 1.165) is 104 Å². The quantitative estimate of drug-likeness (QED) is 0.0453. The van der Waals surface area contributed by atoms with Crippen LogP contribution in [0.1, 0.15) is 194 Å². The lowest BCUT2D eigenvalue weighted by molar-refractivity contribution is -0.144. The molecule has 0 aromatic heterocycles. The van der Waals surface area contributed by atoms with Crippen LogP contribution in [0.15, 0.2) is 0 Å². The fraction of sp³-hybridized carbons (Fsp3) is 0.955. The molecule has 0 spiro atoms. The Labute approximate surface area is 322 Å². The van der Waals surface area contributed by atoms with Crippen LogP contribution in [0, 0.1) is 0 Å². The van der Waals surface area contributed by atoms with Gasteiger partial charge in [-0.2, -0.15) is 0 Å². The first kappa shape index (κ1) is 48.8. The summed E-state index contributed by atoms with van der Waals surface area (Å²) >= 11 is 0. The van der Waals surface area contributed by atoms with Gasteiger partial charge in [0.15, 0.2) is 0 Å². The van der Waals surface area contributed by atoms with Crippen molar-refractivity contribution in [3.63, 3.8) is 0 Å². The van der Waals surface area contributed by atoms with E-state index in [9.17, 15) is 9.59 Å². The van der Waals surface area contributed by atoms with Gasteiger partial charge in [0.05, 0.1) is 26.1 Å². The van der Waals surface area contributed by atoms with E-state index in [-0.39, 0.29) is 11.9 Å². The summed E-state index contributed by atoms with van der Waals surface area (Å²) in [6.45, 7) is 14.4. The summed E-state index contributed by atoms with van der Waals surface area (Å²) in [6, 6.07) is 0. The van der Waals surface area contributed by atoms with Crippen LogP contribution in [-0.4, -0.2) is 101 Å². The highest BCUT2D eigenvalue weighted by molar-refractivity contribution is 5.70. The third kappa shape index (κ3) is 34.5. The summed E-state index contributed by atoms with van der Waals surface area (Å²) in [5.41, 5.74) is 0. The molecule has 8 nitrogen and oxygen atoms in total. The molecule has 308 valence electrons. The number of likely N-dealkylation sites (tertiary alicyclic amines) is 1. The summed E-state index contributed by atoms with van der Waals surface area (Å²) in [6.07, 6.45) is 32.9. The largest absolute Gasteiger partial charge is 0.466 e. The van der Waals surface area contributed by atoms with Gasteiger partial charge in [-0.3, -0.25) is 9.59 Å². The number of hydrogen-bond donors (Lipinski definition) is 0. The van der Waals surface area contributed by atoms with Crippen LogP contribution in [0.2, 0.25) is 0 Å². The van der Waals surface area contributed by atoms with Crippen molar-refractivity contribution in [2.24, 2.45) is 0 Å². The zero-order valence-corrected chi connectivity index (χ0v) is 34.6. The first-order valence-corrected chi connectivity index (χ1v) is 22.6. The Balaban J connectivity index is 2.03. The molecule has 1 aliphatic rings. The molecule has 1 saturated heterocycles. The average Bonchev–Trinajstić information content (AvgIpc) is 3.68. The van der Waals surface area contributed by atoms with Crippen LogP contribution in [0.3, 0.4) is 0 Å². The molecule has 8 heteroatoms. The minimum atomic E-state index is -0.138. The van der Waals surface area contributed by atoms with E-state index in [2.05, 4.69) is 23.6 Å². The number of carbonyl (C=O) groups is 2. The van der Waals surface area contributed by atoms with E-state index in [1.807, 2.05) is 0 Å². The first-order valence-electron chi connectivity index (χ1n) is 22.6. The van der Waals surface area contributed by atoms with Gasteiger partial charge in [0, 0.05) is 52.6 Å². The van der Waals surface area contributed by atoms with Crippen molar-refractivity contribution in [3.05, 3.63) is 0 Å². The van der Waals surface area contributed by atoms with Gasteiger partial charge in [-0.25, -0.2) is 0 Å². The lowest BCUT2D eigenvalue weighted by Gasteiger charge is -2.24. The topological polar surface area (TPSA) is 77.5 Å². The third-order valence-corrected chi connectivity index (χ3v) is 10.4. The molecule has 1 aliphatic heterocycles. The molecule has 0 atom stereocenters. The Hall–Kier alpha value is -1.22. The van der Waals surface area contributed by atoms with Gasteiger partial charge >= 0.3 is 11.9 Å². The fourth-order valence-corrected chi connectivity index (χ4v) is 6.84. The molecular formula is C44H86N2O6. The van der Waals surface area contributed by atoms with Crippen molar-refractivity contribution >= 4 is 11.9 Å². The van der Waals surface area contributed by atoms with E-state index in [1.54, 1.807) is 0 Å². The first-order chi connectivity index (χ1) is 25.7. The Morgan fingerprint density at radius 3 is 1.13 bits per heavy atom. The van der Waals surface area contributed by atoms with E-state index in [1.165, 1.54) is 116 Å². The molecule has 0 saturated carbocycles. The molecule has 1 fully saturated rings. The molecule has 0 N–H and O–H groups in total. The maximum Gasteiger partial charge on any atom is 0.307 e. The monoisotopic (exact) mass is 739 g/mol. The summed E-state index contributed by atoms with van der Waals surface area (Å²) in [5, 5.41) is 0. The third-order valence-electron chi connectivity index (χ3n) is 10.4. The molecule has 0 aromatic rings. The lowest BCUT2D eigenvalue weighted by Crippen LogP contribution is -2.36. The second-order valence-electron chi connectivity index (χ2n) is 15.3. The molecular weight excluding hydrogens is 652 g/mol. The van der Waals surface area contributed by atoms with Crippen LogP contribution >= 0.6 is 0 Å². The number of nitrogens with zero attached hydrogens (tertiary/aromatic N) is 2. The number of ether oxygens (including phenoxy) is 4. The molecule has 0 amide bonds. The van der Waals surface area contributed by atoms with E-state index in [0.29, 0.717) is 39.1 Å². The van der Waals surface area contributed by atoms with Crippen LogP contribution in [-0.2, 0) is 28.5 Å². The molecule has 0 aliphatic carbocycles. The van der Waals surface area contributed by atoms with Crippen LogP contribution in [0.25, 0.3) is 0 Å². The Morgan fingerprint density at radius 2 is 0.769 bits per heavy atom. The van der Waals surface area contributed by atoms with Crippen molar-refractivity contribution < 1.29 is 28.5 Å². The fourth-order valence-electron chi connectivity index (χ4n) is 6.84. The van der Waals surface area contributed by atoms with E-state index >= 15 is 0 Å². The number of hydrogen-bond acceptors (Lipinski definition) is 8. The molecule has 1 rings (SSSR count). The van der Waals surface area contributed by atoms with Crippen LogP contribution < -0.4 is 0 Å². The van der Waals surface area contributed by atoms with Gasteiger partial charge in [0.25, 0.3) is 0 Å². The molecule has 0 radical (unpaired) electrons. The van der Waals surface area contributed by atoms with Crippen molar-refractivity contribution in [1.82, 2.24) is 9.80 Å².